The monoisotopic (exact) mass is 292 g/mol. The summed E-state index contributed by atoms with van der Waals surface area (Å²) >= 11 is 0. The van der Waals surface area contributed by atoms with E-state index in [4.69, 9.17) is 5.73 Å². The van der Waals surface area contributed by atoms with E-state index in [0.29, 0.717) is 0 Å². The zero-order valence-corrected chi connectivity index (χ0v) is 13.7. The second-order valence-electron chi connectivity index (χ2n) is 5.92. The molecule has 2 N–H and O–H groups in total. The molecule has 0 radical (unpaired) electrons. The Morgan fingerprint density at radius 2 is 1.82 bits per heavy atom. The minimum atomic E-state index is 0.718. The quantitative estimate of drug-likeness (QED) is 0.899. The van der Waals surface area contributed by atoms with E-state index < -0.39 is 0 Å². The van der Waals surface area contributed by atoms with Gasteiger partial charge in [0, 0.05) is 23.4 Å². The molecule has 2 heteroatoms. The number of nitrogens with zero attached hydrogens (tertiary/aromatic N) is 1. The van der Waals surface area contributed by atoms with Crippen LogP contribution >= 0.6 is 0 Å². The predicted octanol–water partition coefficient (Wildman–Crippen LogP) is 4.56. The Bertz CT molecular complexity index is 728. The van der Waals surface area contributed by atoms with Crippen LogP contribution in [0.25, 0.3) is 5.57 Å². The topological polar surface area (TPSA) is 29.3 Å². The fourth-order valence-corrected chi connectivity index (χ4v) is 3.36. The summed E-state index contributed by atoms with van der Waals surface area (Å²) in [6.07, 6.45) is 3.22. The van der Waals surface area contributed by atoms with E-state index >= 15 is 0 Å². The highest BCUT2D eigenvalue weighted by Crippen LogP contribution is 2.46. The van der Waals surface area contributed by atoms with Crippen LogP contribution < -0.4 is 10.6 Å². The summed E-state index contributed by atoms with van der Waals surface area (Å²) in [7, 11) is 0. The molecule has 0 saturated heterocycles. The third-order valence-corrected chi connectivity index (χ3v) is 4.62. The van der Waals surface area contributed by atoms with Crippen LogP contribution in [0, 0.1) is 13.8 Å². The minimum absolute atomic E-state index is 0.718. The van der Waals surface area contributed by atoms with Crippen molar-refractivity contribution < 1.29 is 0 Å². The van der Waals surface area contributed by atoms with Crippen molar-refractivity contribution in [3.8, 4) is 0 Å². The van der Waals surface area contributed by atoms with Gasteiger partial charge in [-0.15, -0.1) is 0 Å². The lowest BCUT2D eigenvalue weighted by atomic mass is 9.87. The van der Waals surface area contributed by atoms with Gasteiger partial charge in [-0.2, -0.15) is 0 Å². The summed E-state index contributed by atoms with van der Waals surface area (Å²) in [4.78, 5) is 2.45. The Morgan fingerprint density at radius 1 is 1.05 bits per heavy atom. The lowest BCUT2D eigenvalue weighted by Crippen LogP contribution is -2.26. The summed E-state index contributed by atoms with van der Waals surface area (Å²) in [5.41, 5.74) is 15.1. The van der Waals surface area contributed by atoms with Crippen molar-refractivity contribution in [2.45, 2.75) is 27.2 Å². The van der Waals surface area contributed by atoms with Crippen molar-refractivity contribution in [3.63, 3.8) is 0 Å². The lowest BCUT2D eigenvalue weighted by Gasteiger charge is -2.36. The first-order chi connectivity index (χ1) is 10.7. The van der Waals surface area contributed by atoms with Gasteiger partial charge in [0.25, 0.3) is 0 Å². The molecule has 1 aliphatic heterocycles. The third kappa shape index (κ3) is 2.24. The second-order valence-corrected chi connectivity index (χ2v) is 5.92. The van der Waals surface area contributed by atoms with E-state index in [9.17, 15) is 0 Å². The zero-order chi connectivity index (χ0) is 15.7. The van der Waals surface area contributed by atoms with E-state index in [2.05, 4.69) is 68.1 Å². The van der Waals surface area contributed by atoms with Gasteiger partial charge in [0.1, 0.15) is 0 Å². The van der Waals surface area contributed by atoms with E-state index in [1.807, 2.05) is 0 Å². The summed E-state index contributed by atoms with van der Waals surface area (Å²) < 4.78 is 0. The fraction of sp³-hybridized carbons (Fsp3) is 0.300. The largest absolute Gasteiger partial charge is 0.340 e. The van der Waals surface area contributed by atoms with Crippen LogP contribution in [0.15, 0.2) is 42.5 Å². The molecular weight excluding hydrogens is 268 g/mol. The van der Waals surface area contributed by atoms with Crippen LogP contribution in [0.3, 0.4) is 0 Å². The highest BCUT2D eigenvalue weighted by atomic mass is 15.1. The molecule has 0 aliphatic carbocycles. The van der Waals surface area contributed by atoms with Crippen molar-refractivity contribution in [2.75, 3.05) is 18.0 Å². The molecule has 0 unspecified atom stereocenters. The van der Waals surface area contributed by atoms with Gasteiger partial charge in [0.15, 0.2) is 0 Å². The molecule has 2 aromatic rings. The van der Waals surface area contributed by atoms with Crippen LogP contribution in [-0.2, 0) is 0 Å². The number of aryl methyl sites for hydroxylation is 1. The van der Waals surface area contributed by atoms with Gasteiger partial charge in [-0.3, -0.25) is 0 Å². The average molecular weight is 292 g/mol. The third-order valence-electron chi connectivity index (χ3n) is 4.62. The highest BCUT2D eigenvalue weighted by molar-refractivity contribution is 5.98. The molecule has 3 rings (SSSR count). The molecule has 0 aromatic heterocycles. The number of rotatable bonds is 3. The summed E-state index contributed by atoms with van der Waals surface area (Å²) in [6, 6.07) is 13.2. The van der Waals surface area contributed by atoms with E-state index in [1.54, 1.807) is 0 Å². The number of fused-ring (bicyclic) bond motifs is 2. The first kappa shape index (κ1) is 14.9. The van der Waals surface area contributed by atoms with Gasteiger partial charge in [-0.05, 0) is 56.5 Å². The molecule has 0 fully saturated rings. The molecule has 2 nitrogen and oxygen atoms in total. The molecule has 0 spiro atoms. The lowest BCUT2D eigenvalue weighted by molar-refractivity contribution is 0.812. The van der Waals surface area contributed by atoms with Crippen molar-refractivity contribution >= 4 is 16.9 Å². The number of allylic oxidation sites excluding steroid dienone is 1. The van der Waals surface area contributed by atoms with Crippen LogP contribution in [-0.4, -0.2) is 13.1 Å². The van der Waals surface area contributed by atoms with E-state index in [-0.39, 0.29) is 0 Å². The van der Waals surface area contributed by atoms with Gasteiger partial charge in [0.05, 0.1) is 5.69 Å². The number of hydrogen-bond acceptors (Lipinski definition) is 2. The molecule has 2 aromatic carbocycles. The van der Waals surface area contributed by atoms with Crippen molar-refractivity contribution in [1.29, 1.82) is 0 Å². The molecule has 0 amide bonds. The Morgan fingerprint density at radius 3 is 2.55 bits per heavy atom. The summed E-state index contributed by atoms with van der Waals surface area (Å²) in [5, 5.41) is 0. The number of anilines is 2. The van der Waals surface area contributed by atoms with E-state index in [1.165, 1.54) is 39.2 Å². The van der Waals surface area contributed by atoms with Crippen LogP contribution in [0.4, 0.5) is 11.4 Å². The molecule has 22 heavy (non-hydrogen) atoms. The van der Waals surface area contributed by atoms with Crippen molar-refractivity contribution in [1.82, 2.24) is 0 Å². The molecule has 1 heterocycles. The van der Waals surface area contributed by atoms with Crippen LogP contribution in [0.2, 0.25) is 0 Å². The molecule has 1 aliphatic rings. The molecule has 0 saturated carbocycles. The maximum absolute atomic E-state index is 5.77. The zero-order valence-electron chi connectivity index (χ0n) is 13.7. The van der Waals surface area contributed by atoms with Gasteiger partial charge in [0.2, 0.25) is 0 Å². The SMILES string of the molecule is C/C=C1\c2ccccc2N(CCCN)c2c1ccc(C)c2C. The fourth-order valence-electron chi connectivity index (χ4n) is 3.36. The van der Waals surface area contributed by atoms with Crippen molar-refractivity contribution in [2.24, 2.45) is 5.73 Å². The normalized spacial score (nSPS) is 14.9. The highest BCUT2D eigenvalue weighted by Gasteiger charge is 2.27. The van der Waals surface area contributed by atoms with Crippen LogP contribution in [0.1, 0.15) is 35.6 Å². The predicted molar refractivity (Wildman–Crippen MR) is 95.8 cm³/mol. The summed E-state index contributed by atoms with van der Waals surface area (Å²) in [5.74, 6) is 0. The maximum Gasteiger partial charge on any atom is 0.0523 e. The average Bonchev–Trinajstić information content (AvgIpc) is 2.55. The summed E-state index contributed by atoms with van der Waals surface area (Å²) in [6.45, 7) is 8.22. The number of benzene rings is 2. The number of hydrogen-bond donors (Lipinski definition) is 1. The Balaban J connectivity index is 2.27. The molecular formula is C20H24N2. The Hall–Kier alpha value is -2.06. The van der Waals surface area contributed by atoms with Gasteiger partial charge in [-0.25, -0.2) is 0 Å². The number of para-hydroxylation sites is 1. The maximum atomic E-state index is 5.77. The van der Waals surface area contributed by atoms with Crippen molar-refractivity contribution in [3.05, 3.63) is 64.7 Å². The minimum Gasteiger partial charge on any atom is -0.340 e. The first-order valence-electron chi connectivity index (χ1n) is 8.03. The second kappa shape index (κ2) is 5.98. The molecule has 114 valence electrons. The standard InChI is InChI=1S/C20H24N2/c1-4-16-17-8-5-6-9-19(17)22(13-7-12-21)20-15(3)14(2)10-11-18(16)20/h4-6,8-11H,7,12-13,21H2,1-3H3/b16-4+. The number of nitrogens with two attached hydrogens (primary N) is 1. The van der Waals surface area contributed by atoms with Gasteiger partial charge >= 0.3 is 0 Å². The Labute approximate surface area is 133 Å². The van der Waals surface area contributed by atoms with E-state index in [0.717, 1.165) is 19.5 Å². The smallest absolute Gasteiger partial charge is 0.0523 e. The van der Waals surface area contributed by atoms with Gasteiger partial charge in [-0.1, -0.05) is 36.4 Å². The Kier molecular flexibility index (Phi) is 4.04. The first-order valence-corrected chi connectivity index (χ1v) is 8.03. The van der Waals surface area contributed by atoms with Crippen LogP contribution in [0.5, 0.6) is 0 Å². The van der Waals surface area contributed by atoms with Gasteiger partial charge < -0.3 is 10.6 Å². The molecule has 0 bridgehead atoms. The molecule has 0 atom stereocenters.